The maximum absolute atomic E-state index is 13.0. The molecule has 0 unspecified atom stereocenters. The van der Waals surface area contributed by atoms with Crippen LogP contribution in [0.3, 0.4) is 0 Å². The predicted octanol–water partition coefficient (Wildman–Crippen LogP) is 3.84. The first-order valence-electron chi connectivity index (χ1n) is 6.44. The first-order chi connectivity index (χ1) is 8.63. The van der Waals surface area contributed by atoms with Gasteiger partial charge in [-0.3, -0.25) is 0 Å². The summed E-state index contributed by atoms with van der Waals surface area (Å²) in [6, 6.07) is 4.29. The second-order valence-electron chi connectivity index (χ2n) is 4.41. The van der Waals surface area contributed by atoms with Crippen molar-refractivity contribution in [1.82, 2.24) is 5.32 Å². The van der Waals surface area contributed by atoms with E-state index in [0.29, 0.717) is 17.8 Å². The molecule has 3 nitrogen and oxygen atoms in total. The van der Waals surface area contributed by atoms with Crippen molar-refractivity contribution in [2.45, 2.75) is 39.5 Å². The molecule has 0 heterocycles. The summed E-state index contributed by atoms with van der Waals surface area (Å²) >= 11 is 0. The SMILES string of the molecule is CCCCCCNC(=O)Nc1ccc(F)c(C)c1. The third-order valence-corrected chi connectivity index (χ3v) is 2.73. The Hall–Kier alpha value is -1.58. The van der Waals surface area contributed by atoms with Gasteiger partial charge in [-0.25, -0.2) is 9.18 Å². The number of halogens is 1. The van der Waals surface area contributed by atoms with Crippen LogP contribution in [0.15, 0.2) is 18.2 Å². The Kier molecular flexibility index (Phi) is 6.19. The zero-order valence-corrected chi connectivity index (χ0v) is 11.1. The van der Waals surface area contributed by atoms with Gasteiger partial charge in [-0.2, -0.15) is 0 Å². The second kappa shape index (κ2) is 7.69. The van der Waals surface area contributed by atoms with Gasteiger partial charge in [0.1, 0.15) is 5.82 Å². The van der Waals surface area contributed by atoms with Crippen LogP contribution in [0, 0.1) is 12.7 Å². The zero-order valence-electron chi connectivity index (χ0n) is 11.1. The average molecular weight is 252 g/mol. The standard InChI is InChI=1S/C14H21FN2O/c1-3-4-5-6-9-16-14(18)17-12-7-8-13(15)11(2)10-12/h7-8,10H,3-6,9H2,1-2H3,(H2,16,17,18). The van der Waals surface area contributed by atoms with Crippen molar-refractivity contribution in [2.24, 2.45) is 0 Å². The molecule has 0 bridgehead atoms. The average Bonchev–Trinajstić information content (AvgIpc) is 2.34. The molecule has 2 N–H and O–H groups in total. The Morgan fingerprint density at radius 3 is 2.72 bits per heavy atom. The summed E-state index contributed by atoms with van der Waals surface area (Å²) in [5, 5.41) is 5.46. The van der Waals surface area contributed by atoms with E-state index in [9.17, 15) is 9.18 Å². The first-order valence-corrected chi connectivity index (χ1v) is 6.44. The van der Waals surface area contributed by atoms with Gasteiger partial charge in [0, 0.05) is 12.2 Å². The molecule has 2 amide bonds. The van der Waals surface area contributed by atoms with Gasteiger partial charge in [-0.1, -0.05) is 26.2 Å². The maximum atomic E-state index is 13.0. The lowest BCUT2D eigenvalue weighted by atomic mass is 10.2. The third-order valence-electron chi connectivity index (χ3n) is 2.73. The summed E-state index contributed by atoms with van der Waals surface area (Å²) in [5.41, 5.74) is 1.13. The molecule has 18 heavy (non-hydrogen) atoms. The summed E-state index contributed by atoms with van der Waals surface area (Å²) in [6.45, 7) is 4.49. The lowest BCUT2D eigenvalue weighted by Crippen LogP contribution is -2.29. The molecule has 0 atom stereocenters. The molecule has 0 aromatic heterocycles. The molecule has 0 radical (unpaired) electrons. The van der Waals surface area contributed by atoms with E-state index in [1.54, 1.807) is 19.1 Å². The van der Waals surface area contributed by atoms with E-state index in [1.807, 2.05) is 0 Å². The van der Waals surface area contributed by atoms with Gasteiger partial charge in [0.15, 0.2) is 0 Å². The molecule has 100 valence electrons. The van der Waals surface area contributed by atoms with Crippen LogP contribution in [0.1, 0.15) is 38.2 Å². The minimum atomic E-state index is -0.263. The number of benzene rings is 1. The maximum Gasteiger partial charge on any atom is 0.319 e. The monoisotopic (exact) mass is 252 g/mol. The van der Waals surface area contributed by atoms with Crippen LogP contribution in [0.25, 0.3) is 0 Å². The highest BCUT2D eigenvalue weighted by atomic mass is 19.1. The molecule has 0 fully saturated rings. The molecular formula is C14H21FN2O. The summed E-state index contributed by atoms with van der Waals surface area (Å²) in [5.74, 6) is -0.263. The largest absolute Gasteiger partial charge is 0.338 e. The third kappa shape index (κ3) is 5.17. The van der Waals surface area contributed by atoms with Crippen molar-refractivity contribution in [1.29, 1.82) is 0 Å². The molecule has 1 aromatic carbocycles. The fourth-order valence-electron chi connectivity index (χ4n) is 1.65. The minimum Gasteiger partial charge on any atom is -0.338 e. The van der Waals surface area contributed by atoms with Gasteiger partial charge in [-0.15, -0.1) is 0 Å². The van der Waals surface area contributed by atoms with E-state index in [-0.39, 0.29) is 11.8 Å². The number of rotatable bonds is 6. The van der Waals surface area contributed by atoms with Crippen molar-refractivity contribution in [3.63, 3.8) is 0 Å². The Bertz CT molecular complexity index is 393. The highest BCUT2D eigenvalue weighted by Crippen LogP contribution is 2.13. The van der Waals surface area contributed by atoms with E-state index < -0.39 is 0 Å². The summed E-state index contributed by atoms with van der Waals surface area (Å²) in [4.78, 5) is 11.5. The molecule has 0 aliphatic carbocycles. The Morgan fingerprint density at radius 1 is 1.28 bits per heavy atom. The molecule has 1 rings (SSSR count). The molecule has 1 aromatic rings. The zero-order chi connectivity index (χ0) is 13.4. The topological polar surface area (TPSA) is 41.1 Å². The highest BCUT2D eigenvalue weighted by Gasteiger charge is 2.03. The van der Waals surface area contributed by atoms with E-state index in [0.717, 1.165) is 12.8 Å². The van der Waals surface area contributed by atoms with E-state index in [4.69, 9.17) is 0 Å². The molecule has 0 aliphatic heterocycles. The summed E-state index contributed by atoms with van der Waals surface area (Å²) in [6.07, 6.45) is 4.50. The van der Waals surface area contributed by atoms with Gasteiger partial charge in [0.2, 0.25) is 0 Å². The van der Waals surface area contributed by atoms with Gasteiger partial charge >= 0.3 is 6.03 Å². The van der Waals surface area contributed by atoms with Crippen LogP contribution in [0.4, 0.5) is 14.9 Å². The van der Waals surface area contributed by atoms with E-state index in [1.165, 1.54) is 18.9 Å². The van der Waals surface area contributed by atoms with Crippen molar-refractivity contribution in [3.8, 4) is 0 Å². The van der Waals surface area contributed by atoms with Crippen molar-refractivity contribution in [3.05, 3.63) is 29.6 Å². The number of anilines is 1. The highest BCUT2D eigenvalue weighted by molar-refractivity contribution is 5.89. The van der Waals surface area contributed by atoms with Gasteiger partial charge in [0.05, 0.1) is 0 Å². The van der Waals surface area contributed by atoms with Crippen LogP contribution in [-0.4, -0.2) is 12.6 Å². The van der Waals surface area contributed by atoms with Crippen molar-refractivity contribution >= 4 is 11.7 Å². The lowest BCUT2D eigenvalue weighted by Gasteiger charge is -2.08. The van der Waals surface area contributed by atoms with Crippen LogP contribution in [-0.2, 0) is 0 Å². The molecular weight excluding hydrogens is 231 g/mol. The molecule has 0 aliphatic rings. The number of carbonyl (C=O) groups excluding carboxylic acids is 1. The normalized spacial score (nSPS) is 10.2. The Balaban J connectivity index is 2.29. The molecule has 0 saturated carbocycles. The summed E-state index contributed by atoms with van der Waals surface area (Å²) < 4.78 is 13.0. The Labute approximate surface area is 108 Å². The minimum absolute atomic E-state index is 0.238. The number of nitrogens with one attached hydrogen (secondary N) is 2. The number of aryl methyl sites for hydroxylation is 1. The fourth-order valence-corrected chi connectivity index (χ4v) is 1.65. The fraction of sp³-hybridized carbons (Fsp3) is 0.500. The Morgan fingerprint density at radius 2 is 2.06 bits per heavy atom. The van der Waals surface area contributed by atoms with Crippen LogP contribution in [0.2, 0.25) is 0 Å². The quantitative estimate of drug-likeness (QED) is 0.742. The first kappa shape index (κ1) is 14.5. The molecule has 4 heteroatoms. The predicted molar refractivity (Wildman–Crippen MR) is 72.3 cm³/mol. The van der Waals surface area contributed by atoms with Crippen molar-refractivity contribution in [2.75, 3.05) is 11.9 Å². The number of urea groups is 1. The van der Waals surface area contributed by atoms with Gasteiger partial charge in [0.25, 0.3) is 0 Å². The number of amides is 2. The summed E-state index contributed by atoms with van der Waals surface area (Å²) in [7, 11) is 0. The van der Waals surface area contributed by atoms with Crippen molar-refractivity contribution < 1.29 is 9.18 Å². The van der Waals surface area contributed by atoms with Gasteiger partial charge in [-0.05, 0) is 37.1 Å². The smallest absolute Gasteiger partial charge is 0.319 e. The number of hydrogen-bond acceptors (Lipinski definition) is 1. The number of unbranched alkanes of at least 4 members (excludes halogenated alkanes) is 3. The second-order valence-corrected chi connectivity index (χ2v) is 4.41. The van der Waals surface area contributed by atoms with Crippen LogP contribution < -0.4 is 10.6 Å². The number of hydrogen-bond donors (Lipinski definition) is 2. The van der Waals surface area contributed by atoms with E-state index >= 15 is 0 Å². The van der Waals surface area contributed by atoms with Crippen LogP contribution in [0.5, 0.6) is 0 Å². The van der Waals surface area contributed by atoms with E-state index in [2.05, 4.69) is 17.6 Å². The molecule has 0 spiro atoms. The lowest BCUT2D eigenvalue weighted by molar-refractivity contribution is 0.252. The van der Waals surface area contributed by atoms with Gasteiger partial charge < -0.3 is 10.6 Å². The number of carbonyl (C=O) groups is 1. The van der Waals surface area contributed by atoms with Crippen LogP contribution >= 0.6 is 0 Å². The molecule has 0 saturated heterocycles.